The predicted octanol–water partition coefficient (Wildman–Crippen LogP) is 1.93. The standard InChI is InChI=1S/C3H6BPS/c1-2-3-5(4)6/h2-3,6H,1H3. The van der Waals surface area contributed by atoms with Crippen molar-refractivity contribution in [2.75, 3.05) is 0 Å². The molecule has 0 aromatic rings. The van der Waals surface area contributed by atoms with Gasteiger partial charge in [-0.2, -0.15) is 0 Å². The molecule has 0 rings (SSSR count). The topological polar surface area (TPSA) is 0 Å². The maximum absolute atomic E-state index is 5.25. The molecule has 0 bridgehead atoms. The first-order valence-electron chi connectivity index (χ1n) is 1.63. The predicted molar refractivity (Wildman–Crippen MR) is 36.5 cm³/mol. The van der Waals surface area contributed by atoms with Gasteiger partial charge in [0.1, 0.15) is 0 Å². The van der Waals surface area contributed by atoms with Crippen molar-refractivity contribution in [1.82, 2.24) is 0 Å². The van der Waals surface area contributed by atoms with Gasteiger partial charge < -0.3 is 0 Å². The van der Waals surface area contributed by atoms with E-state index in [0.717, 1.165) is 0 Å². The molecule has 0 saturated carbocycles. The van der Waals surface area contributed by atoms with Gasteiger partial charge in [-0.05, 0) is 0 Å². The van der Waals surface area contributed by atoms with Crippen LogP contribution in [0, 0.1) is 0 Å². The van der Waals surface area contributed by atoms with Crippen LogP contribution in [0.15, 0.2) is 11.9 Å². The van der Waals surface area contributed by atoms with E-state index < -0.39 is 6.44 Å². The van der Waals surface area contributed by atoms with Crippen molar-refractivity contribution in [2.45, 2.75) is 6.92 Å². The molecule has 1 unspecified atom stereocenters. The number of rotatable bonds is 0. The van der Waals surface area contributed by atoms with E-state index in [0.29, 0.717) is 0 Å². The van der Waals surface area contributed by atoms with E-state index >= 15 is 0 Å². The summed E-state index contributed by atoms with van der Waals surface area (Å²) in [4.78, 5) is 0. The van der Waals surface area contributed by atoms with Crippen LogP contribution in [-0.4, -0.2) is 7.01 Å². The van der Waals surface area contributed by atoms with Crippen LogP contribution in [0.1, 0.15) is 6.92 Å². The quantitative estimate of drug-likeness (QED) is 0.279. The van der Waals surface area contributed by atoms with Crippen LogP contribution in [0.2, 0.25) is 0 Å². The Hall–Kier alpha value is 0.455. The third-order valence-electron chi connectivity index (χ3n) is 0.302. The Bertz CT molecular complexity index is 110. The molecule has 0 radical (unpaired) electrons. The van der Waals surface area contributed by atoms with Crippen LogP contribution < -0.4 is 0 Å². The molecular weight excluding hydrogens is 110 g/mol. The summed E-state index contributed by atoms with van der Waals surface area (Å²) in [5.41, 5.74) is 0. The summed E-state index contributed by atoms with van der Waals surface area (Å²) in [6, 6.07) is 0. The van der Waals surface area contributed by atoms with Gasteiger partial charge in [0.05, 0.1) is 0 Å². The van der Waals surface area contributed by atoms with Gasteiger partial charge in [0.25, 0.3) is 0 Å². The van der Waals surface area contributed by atoms with Crippen LogP contribution in [-0.2, 0) is 0 Å². The Kier molecular flexibility index (Phi) is 3.91. The number of thiol groups is 1. The molecule has 1 atom stereocenters. The fourth-order valence-corrected chi connectivity index (χ4v) is 0.858. The molecule has 0 spiro atoms. The van der Waals surface area contributed by atoms with Crippen LogP contribution in [0.4, 0.5) is 0 Å². The first kappa shape index (κ1) is 6.45. The molecule has 3 heteroatoms. The molecular formula is C3H6BPS. The van der Waals surface area contributed by atoms with E-state index in [-0.39, 0.29) is 0 Å². The van der Waals surface area contributed by atoms with Crippen molar-refractivity contribution in [3.05, 3.63) is 11.9 Å². The second-order valence-corrected chi connectivity index (χ2v) is 3.31. The average molecular weight is 116 g/mol. The monoisotopic (exact) mass is 116 g/mol. The number of hydrogen-bond acceptors (Lipinski definition) is 1. The summed E-state index contributed by atoms with van der Waals surface area (Å²) < 4.78 is 0. The molecule has 32 valence electrons. The minimum absolute atomic E-state index is 0.587. The van der Waals surface area contributed by atoms with E-state index in [4.69, 9.17) is 7.01 Å². The molecule has 0 N–H and O–H groups in total. The van der Waals surface area contributed by atoms with Gasteiger partial charge in [0.15, 0.2) is 0 Å². The third-order valence-corrected chi connectivity index (χ3v) is 1.31. The van der Waals surface area contributed by atoms with Crippen molar-refractivity contribution < 1.29 is 0 Å². The molecule has 0 saturated heterocycles. The summed E-state index contributed by atoms with van der Waals surface area (Å²) in [5, 5.41) is 0. The van der Waals surface area contributed by atoms with Crippen molar-refractivity contribution >= 4 is 25.7 Å². The van der Waals surface area contributed by atoms with Crippen molar-refractivity contribution in [1.29, 1.82) is 0 Å². The Morgan fingerprint density at radius 3 is 2.33 bits per heavy atom. The Balaban J connectivity index is 3.41. The summed E-state index contributed by atoms with van der Waals surface area (Å²) in [7, 11) is 5.25. The molecule has 0 nitrogen and oxygen atoms in total. The van der Waals surface area contributed by atoms with Gasteiger partial charge in [-0.1, -0.05) is 0 Å². The van der Waals surface area contributed by atoms with Crippen molar-refractivity contribution in [3.8, 4) is 0 Å². The Morgan fingerprint density at radius 1 is 1.83 bits per heavy atom. The summed E-state index contributed by atoms with van der Waals surface area (Å²) in [6.07, 6.45) is 1.31. The Labute approximate surface area is 45.2 Å². The molecule has 0 aliphatic rings. The van der Waals surface area contributed by atoms with Gasteiger partial charge >= 0.3 is 44.5 Å². The van der Waals surface area contributed by atoms with E-state index in [1.807, 2.05) is 18.8 Å². The normalized spacial score (nSPS) is 13.0. The van der Waals surface area contributed by atoms with Gasteiger partial charge in [-0.15, -0.1) is 0 Å². The van der Waals surface area contributed by atoms with Crippen molar-refractivity contribution in [2.24, 2.45) is 0 Å². The zero-order chi connectivity index (χ0) is 4.99. The molecule has 6 heavy (non-hydrogen) atoms. The fourth-order valence-electron chi connectivity index (χ4n) is 0.153. The van der Waals surface area contributed by atoms with E-state index in [9.17, 15) is 0 Å². The first-order valence-corrected chi connectivity index (χ1v) is 4.26. The van der Waals surface area contributed by atoms with Gasteiger partial charge in [-0.25, -0.2) is 0 Å². The zero-order valence-corrected chi connectivity index (χ0v) is 5.42. The van der Waals surface area contributed by atoms with Crippen LogP contribution in [0.5, 0.6) is 0 Å². The average Bonchev–Trinajstić information content (AvgIpc) is 1.35. The molecule has 0 aromatic carbocycles. The molecule has 0 aliphatic heterocycles. The molecule has 0 fully saturated rings. The number of hydrogen-bond donors (Lipinski definition) is 1. The number of allylic oxidation sites excluding steroid dienone is 1. The third kappa shape index (κ3) is 4.45. The van der Waals surface area contributed by atoms with Crippen molar-refractivity contribution in [3.63, 3.8) is 0 Å². The first-order chi connectivity index (χ1) is 2.77. The molecule has 0 aliphatic carbocycles. The molecule has 0 aromatic heterocycles. The Morgan fingerprint density at radius 2 is 2.33 bits per heavy atom. The van der Waals surface area contributed by atoms with E-state index in [1.54, 1.807) is 0 Å². The second kappa shape index (κ2) is 3.64. The summed E-state index contributed by atoms with van der Waals surface area (Å²) in [6.45, 7) is 1.93. The minimum atomic E-state index is -0.587. The van der Waals surface area contributed by atoms with Crippen LogP contribution >= 0.6 is 18.7 Å². The van der Waals surface area contributed by atoms with Gasteiger partial charge in [0.2, 0.25) is 0 Å². The van der Waals surface area contributed by atoms with Gasteiger partial charge in [-0.3, -0.25) is 0 Å². The van der Waals surface area contributed by atoms with Crippen LogP contribution in [0.3, 0.4) is 0 Å². The summed E-state index contributed by atoms with van der Waals surface area (Å²) >= 11 is 3.93. The van der Waals surface area contributed by atoms with E-state index in [1.165, 1.54) is 0 Å². The second-order valence-electron chi connectivity index (χ2n) is 0.862. The van der Waals surface area contributed by atoms with Gasteiger partial charge in [0, 0.05) is 0 Å². The molecule has 0 amide bonds. The van der Waals surface area contributed by atoms with Crippen LogP contribution in [0.25, 0.3) is 0 Å². The summed E-state index contributed by atoms with van der Waals surface area (Å²) in [5.74, 6) is 1.87. The van der Waals surface area contributed by atoms with E-state index in [2.05, 4.69) is 12.2 Å². The molecule has 0 heterocycles. The SMILES string of the molecule is B#P(S)C=CC. The fraction of sp³-hybridized carbons (Fsp3) is 0.333. The zero-order valence-electron chi connectivity index (χ0n) is 3.63. The maximum atomic E-state index is 5.25.